The summed E-state index contributed by atoms with van der Waals surface area (Å²) in [4.78, 5) is 16.0. The second kappa shape index (κ2) is 6.32. The third kappa shape index (κ3) is 3.34. The molecule has 1 amide bonds. The quantitative estimate of drug-likeness (QED) is 0.804. The number of nitrogens with one attached hydrogen (secondary N) is 1. The third-order valence-electron chi connectivity index (χ3n) is 3.70. The van der Waals surface area contributed by atoms with Crippen LogP contribution >= 0.6 is 0 Å². The summed E-state index contributed by atoms with van der Waals surface area (Å²) in [6, 6.07) is -0.256. The minimum Gasteiger partial charge on any atom is -0.391 e. The van der Waals surface area contributed by atoms with Gasteiger partial charge >= 0.3 is 0 Å². The first-order chi connectivity index (χ1) is 9.51. The van der Waals surface area contributed by atoms with Crippen LogP contribution in [0.25, 0.3) is 0 Å². The van der Waals surface area contributed by atoms with E-state index in [9.17, 15) is 9.90 Å². The molecule has 1 aliphatic rings. The van der Waals surface area contributed by atoms with E-state index in [1.165, 1.54) is 7.11 Å². The highest BCUT2D eigenvalue weighted by molar-refractivity contribution is 5.77. The molecule has 0 spiro atoms. The molecule has 0 radical (unpaired) electrons. The van der Waals surface area contributed by atoms with Gasteiger partial charge in [0.2, 0.25) is 5.91 Å². The fourth-order valence-electron chi connectivity index (χ4n) is 2.81. The zero-order valence-electron chi connectivity index (χ0n) is 12.2. The second-order valence-electron chi connectivity index (χ2n) is 5.33. The minimum atomic E-state index is -0.513. The summed E-state index contributed by atoms with van der Waals surface area (Å²) in [6.07, 6.45) is 1.65. The lowest BCUT2D eigenvalue weighted by Gasteiger charge is -2.33. The number of amides is 1. The van der Waals surface area contributed by atoms with Gasteiger partial charge in [0, 0.05) is 20.1 Å². The molecule has 1 heterocycles. The number of ether oxygens (including phenoxy) is 1. The first-order valence-electron chi connectivity index (χ1n) is 6.85. The van der Waals surface area contributed by atoms with Crippen LogP contribution in [0.3, 0.4) is 0 Å². The molecular formula is C13H22N4O3. The molecule has 7 nitrogen and oxygen atoms in total. The number of aromatic nitrogens is 3. The first kappa shape index (κ1) is 14.9. The molecule has 0 bridgehead atoms. The average Bonchev–Trinajstić information content (AvgIpc) is 2.71. The molecule has 112 valence electrons. The molecule has 1 aromatic rings. The Morgan fingerprint density at radius 3 is 2.90 bits per heavy atom. The molecule has 2 rings (SSSR count). The number of aliphatic hydroxyl groups excluding tert-OH is 1. The smallest absolute Gasteiger partial charge is 0.246 e. The number of aliphatic hydroxyl groups is 1. The van der Waals surface area contributed by atoms with E-state index in [0.717, 1.165) is 18.1 Å². The van der Waals surface area contributed by atoms with Crippen molar-refractivity contribution in [2.75, 3.05) is 13.7 Å². The van der Waals surface area contributed by atoms with Crippen LogP contribution < -0.4 is 5.32 Å². The van der Waals surface area contributed by atoms with E-state index in [-0.39, 0.29) is 24.5 Å². The number of carbonyl (C=O) groups is 1. The molecule has 0 aliphatic heterocycles. The summed E-state index contributed by atoms with van der Waals surface area (Å²) < 4.78 is 6.58. The van der Waals surface area contributed by atoms with Gasteiger partial charge < -0.3 is 15.2 Å². The van der Waals surface area contributed by atoms with Crippen molar-refractivity contribution in [1.29, 1.82) is 0 Å². The van der Waals surface area contributed by atoms with E-state index in [1.54, 1.807) is 4.68 Å². The van der Waals surface area contributed by atoms with Crippen molar-refractivity contribution in [3.05, 3.63) is 11.6 Å². The van der Waals surface area contributed by atoms with E-state index in [2.05, 4.69) is 15.4 Å². The fourth-order valence-corrected chi connectivity index (χ4v) is 2.81. The Kier molecular flexibility index (Phi) is 4.72. The number of rotatable bonds is 4. The Labute approximate surface area is 118 Å². The van der Waals surface area contributed by atoms with E-state index in [0.29, 0.717) is 12.8 Å². The van der Waals surface area contributed by atoms with Crippen molar-refractivity contribution in [2.45, 2.75) is 44.2 Å². The maximum absolute atomic E-state index is 11.6. The van der Waals surface area contributed by atoms with Gasteiger partial charge in [-0.3, -0.25) is 9.48 Å². The molecule has 7 heteroatoms. The van der Waals surface area contributed by atoms with Crippen LogP contribution in [0.2, 0.25) is 0 Å². The largest absolute Gasteiger partial charge is 0.391 e. The van der Waals surface area contributed by atoms with Gasteiger partial charge in [-0.2, -0.15) is 5.10 Å². The van der Waals surface area contributed by atoms with Gasteiger partial charge in [0.25, 0.3) is 0 Å². The van der Waals surface area contributed by atoms with Gasteiger partial charge in [-0.25, -0.2) is 4.98 Å². The van der Waals surface area contributed by atoms with Gasteiger partial charge in [0.1, 0.15) is 18.3 Å². The molecule has 2 N–H and O–H groups in total. The maximum Gasteiger partial charge on any atom is 0.246 e. The number of carbonyl (C=O) groups excluding carboxylic acids is 1. The van der Waals surface area contributed by atoms with Gasteiger partial charge in [-0.05, 0) is 26.2 Å². The summed E-state index contributed by atoms with van der Waals surface area (Å²) in [5, 5.41) is 17.1. The normalized spacial score (nSPS) is 26.5. The number of methoxy groups -OCH3 is 1. The Bertz CT molecular complexity index is 474. The molecule has 0 aromatic carbocycles. The average molecular weight is 282 g/mol. The molecule has 1 saturated carbocycles. The fraction of sp³-hybridized carbons (Fsp3) is 0.769. The Hall–Kier alpha value is -1.47. The predicted molar refractivity (Wildman–Crippen MR) is 72.1 cm³/mol. The van der Waals surface area contributed by atoms with Crippen LogP contribution in [0.5, 0.6) is 0 Å². The monoisotopic (exact) mass is 282 g/mol. The van der Waals surface area contributed by atoms with Gasteiger partial charge in [-0.1, -0.05) is 0 Å². The van der Waals surface area contributed by atoms with Crippen LogP contribution in [0, 0.1) is 6.92 Å². The number of hydrogen-bond donors (Lipinski definition) is 2. The van der Waals surface area contributed by atoms with Gasteiger partial charge in [-0.15, -0.1) is 0 Å². The highest BCUT2D eigenvalue weighted by Crippen LogP contribution is 2.32. The Balaban J connectivity index is 2.04. The highest BCUT2D eigenvalue weighted by atomic mass is 16.5. The summed E-state index contributed by atoms with van der Waals surface area (Å²) in [6.45, 7) is 1.87. The third-order valence-corrected chi connectivity index (χ3v) is 3.70. The molecule has 0 unspecified atom stereocenters. The van der Waals surface area contributed by atoms with Crippen molar-refractivity contribution >= 4 is 5.91 Å². The highest BCUT2D eigenvalue weighted by Gasteiger charge is 2.33. The number of nitrogens with zero attached hydrogens (tertiary/aromatic N) is 3. The van der Waals surface area contributed by atoms with Crippen LogP contribution in [0.4, 0.5) is 0 Å². The molecule has 3 atom stereocenters. The minimum absolute atomic E-state index is 0.0109. The summed E-state index contributed by atoms with van der Waals surface area (Å²) in [5.74, 6) is 1.66. The van der Waals surface area contributed by atoms with Gasteiger partial charge in [0.05, 0.1) is 12.1 Å². The summed E-state index contributed by atoms with van der Waals surface area (Å²) in [5.41, 5.74) is 0. The zero-order valence-corrected chi connectivity index (χ0v) is 12.2. The molecule has 1 aliphatic carbocycles. The van der Waals surface area contributed by atoms with E-state index in [4.69, 9.17) is 4.74 Å². The zero-order chi connectivity index (χ0) is 14.7. The standard InChI is InChI=1S/C13H22N4O3/c1-8-14-13(17(2)16-8)9-4-5-11(18)10(6-9)15-12(19)7-20-3/h9-11,18H,4-7H2,1-3H3,(H,15,19)/t9-,10+,11+/m0/s1. The van der Waals surface area contributed by atoms with E-state index >= 15 is 0 Å². The number of hydrogen-bond acceptors (Lipinski definition) is 5. The summed E-state index contributed by atoms with van der Waals surface area (Å²) in [7, 11) is 3.35. The first-order valence-corrected chi connectivity index (χ1v) is 6.85. The summed E-state index contributed by atoms with van der Waals surface area (Å²) >= 11 is 0. The van der Waals surface area contributed by atoms with Crippen molar-refractivity contribution in [2.24, 2.45) is 7.05 Å². The molecule has 1 fully saturated rings. The molecule has 1 aromatic heterocycles. The Morgan fingerprint density at radius 1 is 1.55 bits per heavy atom. The SMILES string of the molecule is COCC(=O)N[C@@H]1C[C@@H](c2nc(C)nn2C)CC[C@H]1O. The van der Waals surface area contributed by atoms with Crippen molar-refractivity contribution in [3.8, 4) is 0 Å². The van der Waals surface area contributed by atoms with Crippen LogP contribution in [0.15, 0.2) is 0 Å². The topological polar surface area (TPSA) is 89.3 Å². The lowest BCUT2D eigenvalue weighted by Crippen LogP contribution is -2.47. The van der Waals surface area contributed by atoms with E-state index in [1.807, 2.05) is 14.0 Å². The molecule has 20 heavy (non-hydrogen) atoms. The second-order valence-corrected chi connectivity index (χ2v) is 5.33. The lowest BCUT2D eigenvalue weighted by molar-refractivity contribution is -0.126. The Morgan fingerprint density at radius 2 is 2.30 bits per heavy atom. The van der Waals surface area contributed by atoms with Gasteiger partial charge in [0.15, 0.2) is 0 Å². The molecular weight excluding hydrogens is 260 g/mol. The van der Waals surface area contributed by atoms with Crippen LogP contribution in [-0.4, -0.2) is 51.6 Å². The molecule has 0 saturated heterocycles. The van der Waals surface area contributed by atoms with Crippen LogP contribution in [0.1, 0.15) is 36.8 Å². The van der Waals surface area contributed by atoms with E-state index < -0.39 is 6.10 Å². The van der Waals surface area contributed by atoms with Crippen molar-refractivity contribution < 1.29 is 14.6 Å². The lowest BCUT2D eigenvalue weighted by atomic mass is 9.83. The van der Waals surface area contributed by atoms with Crippen LogP contribution in [-0.2, 0) is 16.6 Å². The predicted octanol–water partition coefficient (Wildman–Crippen LogP) is -0.117. The van der Waals surface area contributed by atoms with Crippen molar-refractivity contribution in [1.82, 2.24) is 20.1 Å². The van der Waals surface area contributed by atoms with Crippen molar-refractivity contribution in [3.63, 3.8) is 0 Å². The number of aryl methyl sites for hydroxylation is 2. The maximum atomic E-state index is 11.6.